The molecule has 23 heavy (non-hydrogen) atoms. The molecule has 5 nitrogen and oxygen atoms in total. The molecule has 0 aliphatic carbocycles. The van der Waals surface area contributed by atoms with Gasteiger partial charge in [0, 0.05) is 6.54 Å². The molecule has 0 spiro atoms. The summed E-state index contributed by atoms with van der Waals surface area (Å²) < 4.78 is 21.4. The Morgan fingerprint density at radius 3 is 2.00 bits per heavy atom. The molecule has 0 amide bonds. The molecule has 2 aliphatic heterocycles. The molecule has 2 aromatic rings. The highest BCUT2D eigenvalue weighted by atomic mass is 35.5. The average Bonchev–Trinajstić information content (AvgIpc) is 3.19. The maximum absolute atomic E-state index is 5.39. The summed E-state index contributed by atoms with van der Waals surface area (Å²) >= 11 is 0. The predicted octanol–water partition coefficient (Wildman–Crippen LogP) is 2.90. The van der Waals surface area contributed by atoms with Crippen LogP contribution in [0.5, 0.6) is 23.0 Å². The summed E-state index contributed by atoms with van der Waals surface area (Å²) in [6.45, 7) is 2.34. The van der Waals surface area contributed by atoms with Crippen molar-refractivity contribution in [2.75, 3.05) is 20.1 Å². The van der Waals surface area contributed by atoms with Gasteiger partial charge < -0.3 is 24.3 Å². The Hall–Kier alpha value is -2.11. The van der Waals surface area contributed by atoms with E-state index < -0.39 is 0 Å². The number of halogens is 1. The highest BCUT2D eigenvalue weighted by Gasteiger charge is 2.14. The number of hydrogen-bond donors (Lipinski definition) is 1. The number of benzene rings is 2. The molecule has 0 saturated carbocycles. The van der Waals surface area contributed by atoms with Crippen LogP contribution >= 0.6 is 12.4 Å². The summed E-state index contributed by atoms with van der Waals surface area (Å²) in [5, 5.41) is 3.44. The zero-order chi connectivity index (χ0) is 14.8. The summed E-state index contributed by atoms with van der Waals surface area (Å²) in [6.07, 6.45) is 0.946. The van der Waals surface area contributed by atoms with Crippen LogP contribution in [0.25, 0.3) is 0 Å². The van der Waals surface area contributed by atoms with Gasteiger partial charge in [0.2, 0.25) is 13.6 Å². The Labute approximate surface area is 140 Å². The molecule has 0 fully saturated rings. The van der Waals surface area contributed by atoms with Gasteiger partial charge in [0.05, 0.1) is 0 Å². The Bertz CT molecular complexity index is 633. The van der Waals surface area contributed by atoms with Crippen molar-refractivity contribution in [2.45, 2.75) is 13.0 Å². The van der Waals surface area contributed by atoms with Crippen molar-refractivity contribution in [1.29, 1.82) is 0 Å². The first kappa shape index (κ1) is 15.8. The molecular formula is C17H18ClNO4. The molecule has 0 unspecified atom stereocenters. The quantitative estimate of drug-likeness (QED) is 0.851. The summed E-state index contributed by atoms with van der Waals surface area (Å²) in [4.78, 5) is 0. The van der Waals surface area contributed by atoms with Crippen LogP contribution in [0.3, 0.4) is 0 Å². The predicted molar refractivity (Wildman–Crippen MR) is 87.8 cm³/mol. The Kier molecular flexibility index (Phi) is 4.79. The second-order valence-corrected chi connectivity index (χ2v) is 5.30. The molecule has 122 valence electrons. The summed E-state index contributed by atoms with van der Waals surface area (Å²) in [6, 6.07) is 12.1. The van der Waals surface area contributed by atoms with Gasteiger partial charge in [-0.2, -0.15) is 0 Å². The first-order valence-corrected chi connectivity index (χ1v) is 7.36. The Balaban J connectivity index is 0.00000156. The fraction of sp³-hybridized carbons (Fsp3) is 0.294. The van der Waals surface area contributed by atoms with Crippen LogP contribution in [0, 0.1) is 0 Å². The average molecular weight is 336 g/mol. The summed E-state index contributed by atoms with van der Waals surface area (Å²) in [5.41, 5.74) is 2.43. The van der Waals surface area contributed by atoms with E-state index >= 15 is 0 Å². The molecule has 0 bridgehead atoms. The maximum atomic E-state index is 5.39. The van der Waals surface area contributed by atoms with Crippen LogP contribution in [-0.4, -0.2) is 20.1 Å². The molecule has 4 rings (SSSR count). The van der Waals surface area contributed by atoms with Gasteiger partial charge in [-0.25, -0.2) is 0 Å². The lowest BCUT2D eigenvalue weighted by Crippen LogP contribution is -2.16. The van der Waals surface area contributed by atoms with E-state index in [-0.39, 0.29) is 12.4 Å². The first-order chi connectivity index (χ1) is 10.9. The molecule has 0 atom stereocenters. The summed E-state index contributed by atoms with van der Waals surface area (Å²) in [5.74, 6) is 3.32. The van der Waals surface area contributed by atoms with Gasteiger partial charge in [-0.05, 0) is 48.4 Å². The third-order valence-electron chi connectivity index (χ3n) is 3.79. The van der Waals surface area contributed by atoms with Crippen LogP contribution in [0.1, 0.15) is 11.1 Å². The lowest BCUT2D eigenvalue weighted by molar-refractivity contribution is 0.173. The van der Waals surface area contributed by atoms with E-state index in [1.165, 1.54) is 11.1 Å². The minimum Gasteiger partial charge on any atom is -0.454 e. The van der Waals surface area contributed by atoms with E-state index in [0.29, 0.717) is 13.6 Å². The van der Waals surface area contributed by atoms with Gasteiger partial charge in [0.15, 0.2) is 23.0 Å². The third kappa shape index (κ3) is 3.46. The minimum atomic E-state index is 0. The highest BCUT2D eigenvalue weighted by molar-refractivity contribution is 5.85. The number of rotatable bonds is 5. The second-order valence-electron chi connectivity index (χ2n) is 5.30. The Morgan fingerprint density at radius 2 is 1.30 bits per heavy atom. The van der Waals surface area contributed by atoms with Crippen molar-refractivity contribution in [3.05, 3.63) is 47.5 Å². The maximum Gasteiger partial charge on any atom is 0.231 e. The largest absolute Gasteiger partial charge is 0.454 e. The van der Waals surface area contributed by atoms with Gasteiger partial charge in [0.1, 0.15) is 0 Å². The third-order valence-corrected chi connectivity index (χ3v) is 3.79. The number of hydrogen-bond acceptors (Lipinski definition) is 5. The van der Waals surface area contributed by atoms with E-state index in [1.54, 1.807) is 0 Å². The van der Waals surface area contributed by atoms with Gasteiger partial charge in [-0.3, -0.25) is 0 Å². The SMILES string of the molecule is Cl.c1cc2c(cc1CCNCc1ccc3c(c1)OCO3)OCO2. The topological polar surface area (TPSA) is 49.0 Å². The zero-order valence-corrected chi connectivity index (χ0v) is 13.4. The fourth-order valence-electron chi connectivity index (χ4n) is 2.61. The molecule has 2 aliphatic rings. The molecule has 6 heteroatoms. The van der Waals surface area contributed by atoms with Gasteiger partial charge in [-0.1, -0.05) is 12.1 Å². The molecular weight excluding hydrogens is 318 g/mol. The van der Waals surface area contributed by atoms with Crippen molar-refractivity contribution in [3.8, 4) is 23.0 Å². The van der Waals surface area contributed by atoms with Crippen molar-refractivity contribution >= 4 is 12.4 Å². The van der Waals surface area contributed by atoms with Crippen LogP contribution in [0.4, 0.5) is 0 Å². The molecule has 2 aromatic carbocycles. The fourth-order valence-corrected chi connectivity index (χ4v) is 2.61. The second kappa shape index (κ2) is 6.98. The molecule has 0 radical (unpaired) electrons. The van der Waals surface area contributed by atoms with Crippen molar-refractivity contribution in [1.82, 2.24) is 5.32 Å². The van der Waals surface area contributed by atoms with Crippen LogP contribution < -0.4 is 24.3 Å². The van der Waals surface area contributed by atoms with E-state index in [1.807, 2.05) is 24.3 Å². The first-order valence-electron chi connectivity index (χ1n) is 7.36. The van der Waals surface area contributed by atoms with Crippen molar-refractivity contribution in [2.24, 2.45) is 0 Å². The van der Waals surface area contributed by atoms with Gasteiger partial charge in [-0.15, -0.1) is 12.4 Å². The monoisotopic (exact) mass is 335 g/mol. The summed E-state index contributed by atoms with van der Waals surface area (Å²) in [7, 11) is 0. The van der Waals surface area contributed by atoms with Crippen LogP contribution in [0.15, 0.2) is 36.4 Å². The molecule has 0 aromatic heterocycles. The number of fused-ring (bicyclic) bond motifs is 2. The smallest absolute Gasteiger partial charge is 0.231 e. The lowest BCUT2D eigenvalue weighted by Gasteiger charge is -2.07. The molecule has 1 N–H and O–H groups in total. The van der Waals surface area contributed by atoms with Crippen LogP contribution in [-0.2, 0) is 13.0 Å². The molecule has 2 heterocycles. The number of nitrogens with one attached hydrogen (secondary N) is 1. The standard InChI is InChI=1S/C17H17NO4.ClH/c1-3-14-16(21-10-19-14)7-12(1)5-6-18-9-13-2-4-15-17(8-13)22-11-20-15;/h1-4,7-8,18H,5-6,9-11H2;1H. The van der Waals surface area contributed by atoms with E-state index in [0.717, 1.165) is 42.5 Å². The number of ether oxygens (including phenoxy) is 4. The van der Waals surface area contributed by atoms with Gasteiger partial charge >= 0.3 is 0 Å². The van der Waals surface area contributed by atoms with E-state index in [4.69, 9.17) is 18.9 Å². The minimum absolute atomic E-state index is 0. The van der Waals surface area contributed by atoms with Crippen molar-refractivity contribution in [3.63, 3.8) is 0 Å². The van der Waals surface area contributed by atoms with E-state index in [9.17, 15) is 0 Å². The lowest BCUT2D eigenvalue weighted by atomic mass is 10.1. The van der Waals surface area contributed by atoms with Gasteiger partial charge in [0.25, 0.3) is 0 Å². The Morgan fingerprint density at radius 1 is 0.739 bits per heavy atom. The zero-order valence-electron chi connectivity index (χ0n) is 12.5. The normalized spacial score (nSPS) is 13.7. The molecule has 0 saturated heterocycles. The van der Waals surface area contributed by atoms with E-state index in [2.05, 4.69) is 17.4 Å². The highest BCUT2D eigenvalue weighted by Crippen LogP contribution is 2.33. The van der Waals surface area contributed by atoms with Crippen molar-refractivity contribution < 1.29 is 18.9 Å². The van der Waals surface area contributed by atoms with Crippen LogP contribution in [0.2, 0.25) is 0 Å².